The van der Waals surface area contributed by atoms with Gasteiger partial charge in [-0.1, -0.05) is 72.8 Å². The molecule has 0 aliphatic rings. The van der Waals surface area contributed by atoms with Crippen LogP contribution in [-0.4, -0.2) is 5.78 Å². The third-order valence-corrected chi connectivity index (χ3v) is 2.75. The number of benzene rings is 2. The third kappa shape index (κ3) is 4.07. The standard InChI is InChI=1S/C18H16O/c1-15(19)7-5-6-8-16-11-13-18(14-12-16)17-9-3-2-4-10-17/h2-14H,1H3/b7-5+,8-6+. The first-order chi connectivity index (χ1) is 9.25. The second-order valence-electron chi connectivity index (χ2n) is 4.32. The summed E-state index contributed by atoms with van der Waals surface area (Å²) in [6.45, 7) is 1.54. The van der Waals surface area contributed by atoms with E-state index in [1.807, 2.05) is 30.4 Å². The molecule has 0 bridgehead atoms. The molecule has 19 heavy (non-hydrogen) atoms. The number of rotatable bonds is 4. The first-order valence-electron chi connectivity index (χ1n) is 6.26. The Morgan fingerprint density at radius 2 is 1.47 bits per heavy atom. The van der Waals surface area contributed by atoms with Gasteiger partial charge >= 0.3 is 0 Å². The Balaban J connectivity index is 2.09. The summed E-state index contributed by atoms with van der Waals surface area (Å²) in [5.41, 5.74) is 3.54. The fourth-order valence-electron chi connectivity index (χ4n) is 1.78. The van der Waals surface area contributed by atoms with E-state index in [0.717, 1.165) is 5.56 Å². The van der Waals surface area contributed by atoms with Gasteiger partial charge in [-0.05, 0) is 29.7 Å². The van der Waals surface area contributed by atoms with Crippen molar-refractivity contribution in [3.05, 3.63) is 78.4 Å². The molecular formula is C18H16O. The SMILES string of the molecule is CC(=O)/C=C/C=C/c1ccc(-c2ccccc2)cc1. The number of carbonyl (C=O) groups is 1. The molecule has 0 unspecified atom stereocenters. The number of carbonyl (C=O) groups excluding carboxylic acids is 1. The molecule has 1 nitrogen and oxygen atoms in total. The Hall–Kier alpha value is -2.41. The zero-order chi connectivity index (χ0) is 13.5. The van der Waals surface area contributed by atoms with E-state index >= 15 is 0 Å². The molecule has 0 radical (unpaired) electrons. The number of hydrogen-bond donors (Lipinski definition) is 0. The highest BCUT2D eigenvalue weighted by Gasteiger charge is 1.95. The van der Waals surface area contributed by atoms with E-state index < -0.39 is 0 Å². The van der Waals surface area contributed by atoms with Crippen molar-refractivity contribution in [2.45, 2.75) is 6.92 Å². The smallest absolute Gasteiger partial charge is 0.152 e. The van der Waals surface area contributed by atoms with Crippen LogP contribution < -0.4 is 0 Å². The highest BCUT2D eigenvalue weighted by atomic mass is 16.1. The molecule has 0 saturated heterocycles. The van der Waals surface area contributed by atoms with Crippen LogP contribution in [0.15, 0.2) is 72.8 Å². The van der Waals surface area contributed by atoms with E-state index in [1.165, 1.54) is 11.1 Å². The van der Waals surface area contributed by atoms with Crippen LogP contribution in [0.4, 0.5) is 0 Å². The van der Waals surface area contributed by atoms with Crippen molar-refractivity contribution in [2.75, 3.05) is 0 Å². The lowest BCUT2D eigenvalue weighted by atomic mass is 10.0. The topological polar surface area (TPSA) is 17.1 Å². The van der Waals surface area contributed by atoms with Gasteiger partial charge in [0, 0.05) is 0 Å². The van der Waals surface area contributed by atoms with Crippen LogP contribution in [-0.2, 0) is 4.79 Å². The van der Waals surface area contributed by atoms with E-state index in [4.69, 9.17) is 0 Å². The lowest BCUT2D eigenvalue weighted by Crippen LogP contribution is -1.78. The maximum atomic E-state index is 10.7. The van der Waals surface area contributed by atoms with E-state index in [2.05, 4.69) is 36.4 Å². The Kier molecular flexibility index (Phi) is 4.46. The molecule has 0 fully saturated rings. The summed E-state index contributed by atoms with van der Waals surface area (Å²) in [5.74, 6) is 0.0593. The summed E-state index contributed by atoms with van der Waals surface area (Å²) in [6, 6.07) is 18.6. The van der Waals surface area contributed by atoms with Crippen molar-refractivity contribution < 1.29 is 4.79 Å². The molecule has 1 heteroatoms. The molecule has 2 rings (SSSR count). The molecule has 0 saturated carbocycles. The van der Waals surface area contributed by atoms with E-state index in [1.54, 1.807) is 19.1 Å². The molecule has 0 aromatic heterocycles. The lowest BCUT2D eigenvalue weighted by Gasteiger charge is -2.01. The summed E-state index contributed by atoms with van der Waals surface area (Å²) in [7, 11) is 0. The van der Waals surface area contributed by atoms with Gasteiger partial charge in [0.25, 0.3) is 0 Å². The summed E-state index contributed by atoms with van der Waals surface area (Å²) in [4.78, 5) is 10.7. The molecule has 0 aliphatic carbocycles. The fraction of sp³-hybridized carbons (Fsp3) is 0.0556. The zero-order valence-electron chi connectivity index (χ0n) is 10.9. The molecule has 0 heterocycles. The molecule has 0 N–H and O–H groups in total. The van der Waals surface area contributed by atoms with Crippen molar-refractivity contribution in [3.63, 3.8) is 0 Å². The second kappa shape index (κ2) is 6.50. The summed E-state index contributed by atoms with van der Waals surface area (Å²) >= 11 is 0. The highest BCUT2D eigenvalue weighted by molar-refractivity contribution is 5.87. The van der Waals surface area contributed by atoms with Crippen molar-refractivity contribution >= 4 is 11.9 Å². The van der Waals surface area contributed by atoms with Gasteiger partial charge in [0.1, 0.15) is 0 Å². The van der Waals surface area contributed by atoms with Crippen LogP contribution in [0.1, 0.15) is 12.5 Å². The molecule has 0 spiro atoms. The van der Waals surface area contributed by atoms with Crippen LogP contribution in [0, 0.1) is 0 Å². The minimum absolute atomic E-state index is 0.0593. The number of allylic oxidation sites excluding steroid dienone is 3. The largest absolute Gasteiger partial charge is 0.295 e. The minimum Gasteiger partial charge on any atom is -0.295 e. The van der Waals surface area contributed by atoms with Crippen LogP contribution in [0.2, 0.25) is 0 Å². The Morgan fingerprint density at radius 3 is 2.11 bits per heavy atom. The van der Waals surface area contributed by atoms with Gasteiger partial charge in [-0.3, -0.25) is 4.79 Å². The van der Waals surface area contributed by atoms with Gasteiger partial charge in [-0.15, -0.1) is 0 Å². The molecule has 2 aromatic rings. The van der Waals surface area contributed by atoms with Crippen LogP contribution in [0.25, 0.3) is 17.2 Å². The second-order valence-corrected chi connectivity index (χ2v) is 4.32. The van der Waals surface area contributed by atoms with E-state index in [-0.39, 0.29) is 5.78 Å². The average molecular weight is 248 g/mol. The van der Waals surface area contributed by atoms with Gasteiger partial charge in [-0.2, -0.15) is 0 Å². The van der Waals surface area contributed by atoms with Gasteiger partial charge in [0.15, 0.2) is 5.78 Å². The van der Waals surface area contributed by atoms with Crippen LogP contribution >= 0.6 is 0 Å². The van der Waals surface area contributed by atoms with E-state index in [9.17, 15) is 4.79 Å². The normalized spacial score (nSPS) is 11.2. The summed E-state index contributed by atoms with van der Waals surface area (Å²) < 4.78 is 0. The maximum absolute atomic E-state index is 10.7. The lowest BCUT2D eigenvalue weighted by molar-refractivity contribution is -0.112. The van der Waals surface area contributed by atoms with Gasteiger partial charge in [0.05, 0.1) is 0 Å². The minimum atomic E-state index is 0.0593. The van der Waals surface area contributed by atoms with Crippen LogP contribution in [0.5, 0.6) is 0 Å². The Labute approximate surface area is 113 Å². The van der Waals surface area contributed by atoms with E-state index in [0.29, 0.717) is 0 Å². The predicted octanol–water partition coefficient (Wildman–Crippen LogP) is 4.51. The first-order valence-corrected chi connectivity index (χ1v) is 6.26. The number of hydrogen-bond acceptors (Lipinski definition) is 1. The summed E-state index contributed by atoms with van der Waals surface area (Å²) in [5, 5.41) is 0. The molecule has 94 valence electrons. The van der Waals surface area contributed by atoms with Crippen molar-refractivity contribution in [1.29, 1.82) is 0 Å². The van der Waals surface area contributed by atoms with Gasteiger partial charge in [-0.25, -0.2) is 0 Å². The van der Waals surface area contributed by atoms with Gasteiger partial charge < -0.3 is 0 Å². The molecular weight excluding hydrogens is 232 g/mol. The Bertz CT molecular complexity index is 589. The zero-order valence-corrected chi connectivity index (χ0v) is 10.9. The highest BCUT2D eigenvalue weighted by Crippen LogP contribution is 2.19. The third-order valence-electron chi connectivity index (χ3n) is 2.75. The molecule has 0 atom stereocenters. The monoisotopic (exact) mass is 248 g/mol. The number of ketones is 1. The van der Waals surface area contributed by atoms with Crippen molar-refractivity contribution in [3.8, 4) is 11.1 Å². The quantitative estimate of drug-likeness (QED) is 0.574. The molecule has 0 amide bonds. The fourth-order valence-corrected chi connectivity index (χ4v) is 1.78. The summed E-state index contributed by atoms with van der Waals surface area (Å²) in [6.07, 6.45) is 7.16. The molecule has 2 aromatic carbocycles. The Morgan fingerprint density at radius 1 is 0.842 bits per heavy atom. The van der Waals surface area contributed by atoms with Gasteiger partial charge in [0.2, 0.25) is 0 Å². The maximum Gasteiger partial charge on any atom is 0.152 e. The van der Waals surface area contributed by atoms with Crippen molar-refractivity contribution in [1.82, 2.24) is 0 Å². The average Bonchev–Trinajstić information content (AvgIpc) is 2.45. The molecule has 0 aliphatic heterocycles. The van der Waals surface area contributed by atoms with Crippen molar-refractivity contribution in [2.24, 2.45) is 0 Å². The first kappa shape index (κ1) is 13.0. The predicted molar refractivity (Wildman–Crippen MR) is 80.7 cm³/mol. The van der Waals surface area contributed by atoms with Crippen LogP contribution in [0.3, 0.4) is 0 Å².